The molecule has 2 rings (SSSR count). The van der Waals surface area contributed by atoms with Gasteiger partial charge in [0.15, 0.2) is 10.4 Å². The highest BCUT2D eigenvalue weighted by Gasteiger charge is 2.10. The van der Waals surface area contributed by atoms with Crippen LogP contribution in [-0.4, -0.2) is 12.5 Å². The van der Waals surface area contributed by atoms with E-state index in [-0.39, 0.29) is 24.0 Å². The Bertz CT molecular complexity index is 584. The fourth-order valence-electron chi connectivity index (χ4n) is 1.49. The lowest BCUT2D eigenvalue weighted by molar-refractivity contribution is -0.0498. The van der Waals surface area contributed by atoms with Crippen molar-refractivity contribution in [1.82, 2.24) is 5.32 Å². The fourth-order valence-corrected chi connectivity index (χ4v) is 1.80. The summed E-state index contributed by atoms with van der Waals surface area (Å²) >= 11 is 3.10. The Morgan fingerprint density at radius 1 is 1.25 bits per heavy atom. The average Bonchev–Trinajstić information content (AvgIpc) is 2.84. The summed E-state index contributed by atoms with van der Waals surface area (Å²) in [6, 6.07) is 9.17. The third-order valence-corrected chi connectivity index (χ3v) is 2.82. The lowest BCUT2D eigenvalue weighted by atomic mass is 10.2. The van der Waals surface area contributed by atoms with Crippen LogP contribution >= 0.6 is 15.9 Å². The fraction of sp³-hybridized carbons (Fsp3) is 0.154. The minimum atomic E-state index is -2.85. The number of hydrogen-bond acceptors (Lipinski definition) is 3. The van der Waals surface area contributed by atoms with Crippen LogP contribution in [0.1, 0.15) is 16.1 Å². The van der Waals surface area contributed by atoms with Gasteiger partial charge in [-0.15, -0.1) is 0 Å². The molecule has 0 unspecified atom stereocenters. The zero-order chi connectivity index (χ0) is 14.5. The molecule has 4 nitrogen and oxygen atoms in total. The number of alkyl halides is 2. The zero-order valence-corrected chi connectivity index (χ0v) is 11.7. The monoisotopic (exact) mass is 345 g/mol. The van der Waals surface area contributed by atoms with E-state index in [2.05, 4.69) is 26.0 Å². The molecule has 0 aliphatic rings. The molecule has 2 aromatic rings. The first-order valence-corrected chi connectivity index (χ1v) is 6.41. The van der Waals surface area contributed by atoms with E-state index in [0.29, 0.717) is 4.67 Å². The summed E-state index contributed by atoms with van der Waals surface area (Å²) in [5.41, 5.74) is 0.755. The van der Waals surface area contributed by atoms with Crippen molar-refractivity contribution < 1.29 is 22.7 Å². The maximum absolute atomic E-state index is 12.0. The number of halogens is 3. The van der Waals surface area contributed by atoms with Crippen molar-refractivity contribution in [3.63, 3.8) is 0 Å². The number of benzene rings is 1. The molecule has 1 amide bonds. The van der Waals surface area contributed by atoms with Crippen molar-refractivity contribution in [2.75, 3.05) is 0 Å². The highest BCUT2D eigenvalue weighted by Crippen LogP contribution is 2.16. The molecule has 7 heteroatoms. The molecule has 20 heavy (non-hydrogen) atoms. The van der Waals surface area contributed by atoms with Crippen molar-refractivity contribution in [2.24, 2.45) is 0 Å². The number of ether oxygens (including phenoxy) is 1. The Labute approximate surface area is 121 Å². The second kappa shape index (κ2) is 6.51. The summed E-state index contributed by atoms with van der Waals surface area (Å²) in [5.74, 6) is -0.0943. The molecular formula is C13H10BrF2NO3. The third kappa shape index (κ3) is 4.06. The number of rotatable bonds is 5. The largest absolute Gasteiger partial charge is 0.444 e. The molecular weight excluding hydrogens is 336 g/mol. The van der Waals surface area contributed by atoms with Crippen LogP contribution in [0.25, 0.3) is 0 Å². The van der Waals surface area contributed by atoms with Crippen LogP contribution in [0, 0.1) is 0 Å². The molecule has 1 N–H and O–H groups in total. The maximum atomic E-state index is 12.0. The van der Waals surface area contributed by atoms with E-state index >= 15 is 0 Å². The number of furan rings is 1. The van der Waals surface area contributed by atoms with Gasteiger partial charge in [-0.2, -0.15) is 8.78 Å². The van der Waals surface area contributed by atoms with E-state index in [1.165, 1.54) is 12.1 Å². The van der Waals surface area contributed by atoms with Gasteiger partial charge < -0.3 is 14.5 Å². The molecule has 0 aliphatic carbocycles. The Hall–Kier alpha value is -1.89. The van der Waals surface area contributed by atoms with Gasteiger partial charge in [-0.25, -0.2) is 0 Å². The van der Waals surface area contributed by atoms with Crippen LogP contribution in [0.5, 0.6) is 5.75 Å². The van der Waals surface area contributed by atoms with Crippen LogP contribution in [-0.2, 0) is 6.54 Å². The molecule has 0 saturated heterocycles. The normalized spacial score (nSPS) is 10.6. The highest BCUT2D eigenvalue weighted by atomic mass is 79.9. The van der Waals surface area contributed by atoms with Gasteiger partial charge in [0.2, 0.25) is 0 Å². The second-order valence-electron chi connectivity index (χ2n) is 3.81. The first kappa shape index (κ1) is 14.5. The SMILES string of the molecule is O=C(NCc1ccc(OC(F)F)cc1)c1ccc(Br)o1. The lowest BCUT2D eigenvalue weighted by Gasteiger charge is -2.06. The van der Waals surface area contributed by atoms with Crippen LogP contribution < -0.4 is 10.1 Å². The van der Waals surface area contributed by atoms with Gasteiger partial charge in [0.05, 0.1) is 0 Å². The van der Waals surface area contributed by atoms with E-state index in [1.807, 2.05) is 0 Å². The number of hydrogen-bond donors (Lipinski definition) is 1. The van der Waals surface area contributed by atoms with Crippen molar-refractivity contribution in [3.8, 4) is 5.75 Å². The van der Waals surface area contributed by atoms with Gasteiger partial charge in [-0.3, -0.25) is 4.79 Å². The lowest BCUT2D eigenvalue weighted by Crippen LogP contribution is -2.22. The van der Waals surface area contributed by atoms with Crippen molar-refractivity contribution in [2.45, 2.75) is 13.2 Å². The summed E-state index contributed by atoms with van der Waals surface area (Å²) < 4.78 is 33.7. The molecule has 0 fully saturated rings. The number of nitrogens with one attached hydrogen (secondary N) is 1. The Balaban J connectivity index is 1.89. The molecule has 1 aromatic heterocycles. The molecule has 1 aromatic carbocycles. The second-order valence-corrected chi connectivity index (χ2v) is 4.59. The topological polar surface area (TPSA) is 51.5 Å². The summed E-state index contributed by atoms with van der Waals surface area (Å²) in [6.45, 7) is -2.59. The Kier molecular flexibility index (Phi) is 4.73. The van der Waals surface area contributed by atoms with Crippen LogP contribution in [0.15, 0.2) is 45.5 Å². The molecule has 106 valence electrons. The van der Waals surface area contributed by atoms with Gasteiger partial charge in [0.1, 0.15) is 5.75 Å². The molecule has 0 aliphatic heterocycles. The smallest absolute Gasteiger partial charge is 0.387 e. The summed E-state index contributed by atoms with van der Waals surface area (Å²) in [6.07, 6.45) is 0. The molecule has 0 saturated carbocycles. The van der Waals surface area contributed by atoms with Crippen LogP contribution in [0.2, 0.25) is 0 Å². The predicted molar refractivity (Wildman–Crippen MR) is 70.7 cm³/mol. The summed E-state index contributed by atoms with van der Waals surface area (Å²) in [4.78, 5) is 11.7. The van der Waals surface area contributed by atoms with Crippen molar-refractivity contribution in [3.05, 3.63) is 52.4 Å². The van der Waals surface area contributed by atoms with E-state index < -0.39 is 6.61 Å². The highest BCUT2D eigenvalue weighted by molar-refractivity contribution is 9.10. The Morgan fingerprint density at radius 3 is 2.50 bits per heavy atom. The van der Waals surface area contributed by atoms with E-state index in [0.717, 1.165) is 5.56 Å². The molecule has 0 radical (unpaired) electrons. The van der Waals surface area contributed by atoms with E-state index in [1.54, 1.807) is 24.3 Å². The molecule has 0 spiro atoms. The van der Waals surface area contributed by atoms with Gasteiger partial charge >= 0.3 is 6.61 Å². The minimum Gasteiger partial charge on any atom is -0.444 e. The molecule has 0 bridgehead atoms. The standard InChI is InChI=1S/C13H10BrF2NO3/c14-11-6-5-10(20-11)12(18)17-7-8-1-3-9(4-2-8)19-13(15)16/h1-6,13H,7H2,(H,17,18). The molecule has 1 heterocycles. The maximum Gasteiger partial charge on any atom is 0.387 e. The van der Waals surface area contributed by atoms with Gasteiger partial charge in [-0.05, 0) is 45.8 Å². The van der Waals surface area contributed by atoms with Crippen molar-refractivity contribution in [1.29, 1.82) is 0 Å². The van der Waals surface area contributed by atoms with E-state index in [4.69, 9.17) is 4.42 Å². The Morgan fingerprint density at radius 2 is 1.95 bits per heavy atom. The number of carbonyl (C=O) groups is 1. The number of amides is 1. The zero-order valence-electron chi connectivity index (χ0n) is 10.1. The summed E-state index contributed by atoms with van der Waals surface area (Å²) in [7, 11) is 0. The van der Waals surface area contributed by atoms with Gasteiger partial charge in [0.25, 0.3) is 5.91 Å². The minimum absolute atomic E-state index is 0.0741. The van der Waals surface area contributed by atoms with Gasteiger partial charge in [0, 0.05) is 6.54 Å². The quantitative estimate of drug-likeness (QED) is 0.901. The van der Waals surface area contributed by atoms with Crippen LogP contribution in [0.4, 0.5) is 8.78 Å². The third-order valence-electron chi connectivity index (χ3n) is 2.40. The van der Waals surface area contributed by atoms with Gasteiger partial charge in [-0.1, -0.05) is 12.1 Å². The average molecular weight is 346 g/mol. The van der Waals surface area contributed by atoms with E-state index in [9.17, 15) is 13.6 Å². The van der Waals surface area contributed by atoms with Crippen LogP contribution in [0.3, 0.4) is 0 Å². The predicted octanol–water partition coefficient (Wildman–Crippen LogP) is 3.57. The molecule has 0 atom stereocenters. The first-order valence-electron chi connectivity index (χ1n) is 5.62. The first-order chi connectivity index (χ1) is 9.54. The summed E-state index contributed by atoms with van der Waals surface area (Å²) in [5, 5.41) is 2.65. The number of carbonyl (C=O) groups excluding carboxylic acids is 1. The van der Waals surface area contributed by atoms with Crippen molar-refractivity contribution >= 4 is 21.8 Å².